The molecular weight excluding hydrogens is 246 g/mol. The summed E-state index contributed by atoms with van der Waals surface area (Å²) < 4.78 is 0. The highest BCUT2D eigenvalue weighted by Crippen LogP contribution is 2.17. The first-order valence-electron chi connectivity index (χ1n) is 5.15. The first kappa shape index (κ1) is 12.0. The van der Waals surface area contributed by atoms with E-state index in [1.54, 1.807) is 4.90 Å². The van der Waals surface area contributed by atoms with Gasteiger partial charge in [-0.3, -0.25) is 4.79 Å². The molecular formula is C10H18BrNO2. The summed E-state index contributed by atoms with van der Waals surface area (Å²) in [6.45, 7) is 3.44. The Bertz CT molecular complexity index is 199. The first-order chi connectivity index (χ1) is 6.63. The Morgan fingerprint density at radius 3 is 3.00 bits per heavy atom. The fraction of sp³-hybridized carbons (Fsp3) is 0.900. The second-order valence-electron chi connectivity index (χ2n) is 4.08. The number of halogens is 1. The van der Waals surface area contributed by atoms with Gasteiger partial charge in [0.25, 0.3) is 0 Å². The second kappa shape index (κ2) is 5.71. The molecule has 3 nitrogen and oxygen atoms in total. The maximum atomic E-state index is 11.6. The molecule has 1 amide bonds. The van der Waals surface area contributed by atoms with Gasteiger partial charge in [-0.15, -0.1) is 0 Å². The minimum Gasteiger partial charge on any atom is -0.390 e. The zero-order chi connectivity index (χ0) is 10.6. The number of β-amino-alcohol motifs (C(OH)–C–C–N with tert-alkyl or cyclic N) is 1. The topological polar surface area (TPSA) is 40.5 Å². The third kappa shape index (κ3) is 3.58. The summed E-state index contributed by atoms with van der Waals surface area (Å²) in [4.78, 5) is 13.4. The van der Waals surface area contributed by atoms with E-state index in [0.717, 1.165) is 19.4 Å². The van der Waals surface area contributed by atoms with Gasteiger partial charge in [0.05, 0.1) is 6.10 Å². The van der Waals surface area contributed by atoms with Gasteiger partial charge >= 0.3 is 0 Å². The van der Waals surface area contributed by atoms with Crippen LogP contribution < -0.4 is 0 Å². The Hall–Kier alpha value is -0.0900. The van der Waals surface area contributed by atoms with Gasteiger partial charge in [0.2, 0.25) is 5.91 Å². The Labute approximate surface area is 93.6 Å². The number of likely N-dealkylation sites (tertiary alicyclic amines) is 1. The summed E-state index contributed by atoms with van der Waals surface area (Å²) in [5, 5.41) is 9.98. The average molecular weight is 264 g/mol. The Morgan fingerprint density at radius 1 is 1.64 bits per heavy atom. The molecule has 4 heteroatoms. The van der Waals surface area contributed by atoms with Crippen LogP contribution in [0.15, 0.2) is 0 Å². The van der Waals surface area contributed by atoms with Crippen molar-refractivity contribution in [2.75, 3.05) is 18.4 Å². The van der Waals surface area contributed by atoms with Crippen molar-refractivity contribution in [1.82, 2.24) is 4.90 Å². The normalized spacial score (nSPS) is 26.1. The van der Waals surface area contributed by atoms with Crippen LogP contribution in [0.3, 0.4) is 0 Å². The van der Waals surface area contributed by atoms with Crippen molar-refractivity contribution in [2.24, 2.45) is 5.92 Å². The highest BCUT2D eigenvalue weighted by atomic mass is 79.9. The minimum absolute atomic E-state index is 0.189. The van der Waals surface area contributed by atoms with Crippen molar-refractivity contribution >= 4 is 21.8 Å². The summed E-state index contributed by atoms with van der Waals surface area (Å²) in [6.07, 6.45) is 2.24. The van der Waals surface area contributed by atoms with Gasteiger partial charge in [-0.25, -0.2) is 0 Å². The highest BCUT2D eigenvalue weighted by Gasteiger charge is 2.21. The SMILES string of the molecule is CC1CCC(=O)N(CC(O)CBr)CC1. The fourth-order valence-electron chi connectivity index (χ4n) is 1.67. The third-order valence-electron chi connectivity index (χ3n) is 2.70. The largest absolute Gasteiger partial charge is 0.390 e. The van der Waals surface area contributed by atoms with E-state index in [9.17, 15) is 9.90 Å². The van der Waals surface area contributed by atoms with E-state index in [0.29, 0.717) is 24.2 Å². The lowest BCUT2D eigenvalue weighted by Gasteiger charge is -2.22. The molecule has 0 saturated carbocycles. The van der Waals surface area contributed by atoms with Gasteiger partial charge in [0, 0.05) is 24.8 Å². The molecule has 1 saturated heterocycles. The Balaban J connectivity index is 2.45. The molecule has 1 aliphatic rings. The van der Waals surface area contributed by atoms with Crippen LogP contribution in [0, 0.1) is 5.92 Å². The van der Waals surface area contributed by atoms with Gasteiger partial charge in [0.15, 0.2) is 0 Å². The van der Waals surface area contributed by atoms with Crippen molar-refractivity contribution in [3.8, 4) is 0 Å². The molecule has 82 valence electrons. The maximum absolute atomic E-state index is 11.6. The first-order valence-corrected chi connectivity index (χ1v) is 6.27. The van der Waals surface area contributed by atoms with E-state index < -0.39 is 6.10 Å². The number of amides is 1. The van der Waals surface area contributed by atoms with Crippen LogP contribution in [0.2, 0.25) is 0 Å². The summed E-state index contributed by atoms with van der Waals surface area (Å²) >= 11 is 3.20. The van der Waals surface area contributed by atoms with Crippen LogP contribution in [-0.4, -0.2) is 40.4 Å². The zero-order valence-corrected chi connectivity index (χ0v) is 10.2. The van der Waals surface area contributed by atoms with Gasteiger partial charge in [-0.1, -0.05) is 22.9 Å². The predicted octanol–water partition coefficient (Wildman–Crippen LogP) is 1.39. The molecule has 1 heterocycles. The van der Waals surface area contributed by atoms with Crippen molar-refractivity contribution in [1.29, 1.82) is 0 Å². The molecule has 1 fully saturated rings. The van der Waals surface area contributed by atoms with Crippen molar-refractivity contribution in [3.63, 3.8) is 0 Å². The lowest BCUT2D eigenvalue weighted by atomic mass is 10.0. The molecule has 2 unspecified atom stereocenters. The van der Waals surface area contributed by atoms with Crippen molar-refractivity contribution < 1.29 is 9.90 Å². The molecule has 0 aromatic heterocycles. The molecule has 0 aliphatic carbocycles. The number of hydrogen-bond donors (Lipinski definition) is 1. The van der Waals surface area contributed by atoms with Crippen LogP contribution >= 0.6 is 15.9 Å². The molecule has 0 bridgehead atoms. The smallest absolute Gasteiger partial charge is 0.222 e. The molecule has 0 aromatic carbocycles. The quantitative estimate of drug-likeness (QED) is 0.782. The summed E-state index contributed by atoms with van der Waals surface area (Å²) in [6, 6.07) is 0. The Morgan fingerprint density at radius 2 is 2.36 bits per heavy atom. The number of carbonyl (C=O) groups excluding carboxylic acids is 1. The number of carbonyl (C=O) groups is 1. The van der Waals surface area contributed by atoms with E-state index in [1.165, 1.54) is 0 Å². The monoisotopic (exact) mass is 263 g/mol. The lowest BCUT2D eigenvalue weighted by molar-refractivity contribution is -0.131. The number of aliphatic hydroxyl groups excluding tert-OH is 1. The van der Waals surface area contributed by atoms with Gasteiger partial charge in [-0.05, 0) is 18.8 Å². The van der Waals surface area contributed by atoms with Gasteiger partial charge in [0.1, 0.15) is 0 Å². The predicted molar refractivity (Wildman–Crippen MR) is 59.4 cm³/mol. The average Bonchev–Trinajstić information content (AvgIpc) is 2.33. The van der Waals surface area contributed by atoms with Crippen molar-refractivity contribution in [2.45, 2.75) is 32.3 Å². The van der Waals surface area contributed by atoms with Crippen molar-refractivity contribution in [3.05, 3.63) is 0 Å². The molecule has 0 spiro atoms. The summed E-state index contributed by atoms with van der Waals surface area (Å²) in [5.41, 5.74) is 0. The van der Waals surface area contributed by atoms with E-state index in [2.05, 4.69) is 22.9 Å². The number of aliphatic hydroxyl groups is 1. The molecule has 1 rings (SSSR count). The highest BCUT2D eigenvalue weighted by molar-refractivity contribution is 9.09. The summed E-state index contributed by atoms with van der Waals surface area (Å²) in [5.74, 6) is 0.819. The maximum Gasteiger partial charge on any atom is 0.222 e. The van der Waals surface area contributed by atoms with E-state index in [4.69, 9.17) is 0 Å². The van der Waals surface area contributed by atoms with Gasteiger partial charge < -0.3 is 10.0 Å². The molecule has 1 aliphatic heterocycles. The molecule has 14 heavy (non-hydrogen) atoms. The van der Waals surface area contributed by atoms with Crippen LogP contribution in [0.4, 0.5) is 0 Å². The van der Waals surface area contributed by atoms with Crippen LogP contribution in [0.1, 0.15) is 26.2 Å². The zero-order valence-electron chi connectivity index (χ0n) is 8.58. The minimum atomic E-state index is -0.438. The number of alkyl halides is 1. The third-order valence-corrected chi connectivity index (χ3v) is 3.45. The van der Waals surface area contributed by atoms with Crippen LogP contribution in [0.5, 0.6) is 0 Å². The second-order valence-corrected chi connectivity index (χ2v) is 4.73. The molecule has 0 aromatic rings. The number of rotatable bonds is 3. The fourth-order valence-corrected chi connectivity index (χ4v) is 1.87. The number of hydrogen-bond acceptors (Lipinski definition) is 2. The summed E-state index contributed by atoms with van der Waals surface area (Å²) in [7, 11) is 0. The van der Waals surface area contributed by atoms with E-state index in [-0.39, 0.29) is 5.91 Å². The molecule has 0 radical (unpaired) electrons. The molecule has 2 atom stereocenters. The van der Waals surface area contributed by atoms with E-state index in [1.807, 2.05) is 0 Å². The van der Waals surface area contributed by atoms with Crippen LogP contribution in [0.25, 0.3) is 0 Å². The number of nitrogens with zero attached hydrogens (tertiary/aromatic N) is 1. The van der Waals surface area contributed by atoms with Gasteiger partial charge in [-0.2, -0.15) is 0 Å². The van der Waals surface area contributed by atoms with E-state index >= 15 is 0 Å². The lowest BCUT2D eigenvalue weighted by Crippen LogP contribution is -2.37. The Kier molecular flexibility index (Phi) is 4.89. The molecule has 1 N–H and O–H groups in total. The standard InChI is InChI=1S/C10H18BrNO2/c1-8-2-3-10(14)12(5-4-8)7-9(13)6-11/h8-9,13H,2-7H2,1H3. The van der Waals surface area contributed by atoms with Crippen LogP contribution in [-0.2, 0) is 4.79 Å².